The molecule has 0 saturated heterocycles. The average Bonchev–Trinajstić information content (AvgIpc) is 2.72. The Morgan fingerprint density at radius 1 is 0.966 bits per heavy atom. The van der Waals surface area contributed by atoms with E-state index in [9.17, 15) is 4.39 Å². The lowest BCUT2D eigenvalue weighted by molar-refractivity contribution is 0.284. The Morgan fingerprint density at radius 2 is 1.69 bits per heavy atom. The van der Waals surface area contributed by atoms with Crippen molar-refractivity contribution in [1.29, 1.82) is 0 Å². The Labute approximate surface area is 181 Å². The molecule has 0 aliphatic heterocycles. The summed E-state index contributed by atoms with van der Waals surface area (Å²) in [6, 6.07) is 16.1. The molecule has 4 nitrogen and oxygen atoms in total. The fraction of sp³-hybridized carbons (Fsp3) is 0.227. The van der Waals surface area contributed by atoms with Crippen LogP contribution in [0.2, 0.25) is 5.15 Å². The quantitative estimate of drug-likeness (QED) is 0.369. The van der Waals surface area contributed by atoms with Crippen LogP contribution in [0, 0.1) is 5.82 Å². The highest BCUT2D eigenvalue weighted by molar-refractivity contribution is 6.29. The smallest absolute Gasteiger partial charge is 0.161 e. The SMILES string of the molecule is COc1cc(CNCCc2ccc(F)cc2)ccc1OCc1ccc(Cl)nc1.Cl. The standard InChI is InChI=1S/C22H22ClFN2O2.ClH/c1-27-21-12-17(13-25-11-10-16-2-6-19(24)7-3-16)4-8-20(21)28-15-18-5-9-22(23)26-14-18;/h2-9,12,14,25H,10-11,13,15H2,1H3;1H. The Morgan fingerprint density at radius 3 is 2.38 bits per heavy atom. The minimum atomic E-state index is -0.210. The summed E-state index contributed by atoms with van der Waals surface area (Å²) in [6.07, 6.45) is 2.53. The highest BCUT2D eigenvalue weighted by Gasteiger charge is 2.07. The van der Waals surface area contributed by atoms with Crippen molar-refractivity contribution in [3.05, 3.63) is 88.5 Å². The fourth-order valence-corrected chi connectivity index (χ4v) is 2.82. The van der Waals surface area contributed by atoms with E-state index >= 15 is 0 Å². The van der Waals surface area contributed by atoms with Gasteiger partial charge in [0.1, 0.15) is 17.6 Å². The monoisotopic (exact) mass is 436 g/mol. The summed E-state index contributed by atoms with van der Waals surface area (Å²) >= 11 is 5.79. The van der Waals surface area contributed by atoms with E-state index in [-0.39, 0.29) is 18.2 Å². The molecular formula is C22H23Cl2FN2O2. The Balaban J connectivity index is 0.00000300. The van der Waals surface area contributed by atoms with Crippen molar-refractivity contribution < 1.29 is 13.9 Å². The number of ether oxygens (including phenoxy) is 2. The summed E-state index contributed by atoms with van der Waals surface area (Å²) in [5.41, 5.74) is 3.13. The number of benzene rings is 2. The molecule has 29 heavy (non-hydrogen) atoms. The summed E-state index contributed by atoms with van der Waals surface area (Å²) in [5, 5.41) is 3.84. The van der Waals surface area contributed by atoms with Gasteiger partial charge in [-0.15, -0.1) is 12.4 Å². The van der Waals surface area contributed by atoms with Gasteiger partial charge in [-0.05, 0) is 54.4 Å². The van der Waals surface area contributed by atoms with Crippen molar-refractivity contribution in [1.82, 2.24) is 10.3 Å². The van der Waals surface area contributed by atoms with Gasteiger partial charge in [-0.2, -0.15) is 0 Å². The van der Waals surface area contributed by atoms with Crippen molar-refractivity contribution in [3.8, 4) is 11.5 Å². The lowest BCUT2D eigenvalue weighted by Crippen LogP contribution is -2.16. The number of nitrogens with one attached hydrogen (secondary N) is 1. The first-order valence-electron chi connectivity index (χ1n) is 8.99. The summed E-state index contributed by atoms with van der Waals surface area (Å²) in [5.74, 6) is 1.14. The van der Waals surface area contributed by atoms with Crippen LogP contribution < -0.4 is 14.8 Å². The van der Waals surface area contributed by atoms with Crippen LogP contribution in [0.1, 0.15) is 16.7 Å². The van der Waals surface area contributed by atoms with Gasteiger partial charge in [0, 0.05) is 18.3 Å². The molecule has 0 spiro atoms. The highest BCUT2D eigenvalue weighted by atomic mass is 35.5. The number of rotatable bonds is 9. The van der Waals surface area contributed by atoms with E-state index in [0.717, 1.165) is 29.7 Å². The molecule has 2 aromatic carbocycles. The zero-order valence-corrected chi connectivity index (χ0v) is 17.6. The molecule has 154 valence electrons. The molecule has 0 aliphatic carbocycles. The van der Waals surface area contributed by atoms with E-state index in [1.54, 1.807) is 19.4 Å². The zero-order chi connectivity index (χ0) is 19.8. The van der Waals surface area contributed by atoms with Crippen LogP contribution >= 0.6 is 24.0 Å². The fourth-order valence-electron chi connectivity index (χ4n) is 2.71. The molecule has 0 atom stereocenters. The highest BCUT2D eigenvalue weighted by Crippen LogP contribution is 2.28. The molecule has 0 bridgehead atoms. The van der Waals surface area contributed by atoms with E-state index in [1.807, 2.05) is 36.4 Å². The van der Waals surface area contributed by atoms with Gasteiger partial charge in [-0.1, -0.05) is 35.9 Å². The third-order valence-electron chi connectivity index (χ3n) is 4.24. The summed E-state index contributed by atoms with van der Waals surface area (Å²) in [4.78, 5) is 4.04. The van der Waals surface area contributed by atoms with Crippen LogP contribution in [0.5, 0.6) is 11.5 Å². The largest absolute Gasteiger partial charge is 0.493 e. The van der Waals surface area contributed by atoms with Gasteiger partial charge in [0.05, 0.1) is 7.11 Å². The number of methoxy groups -OCH3 is 1. The van der Waals surface area contributed by atoms with Gasteiger partial charge in [0.25, 0.3) is 0 Å². The van der Waals surface area contributed by atoms with Crippen LogP contribution in [0.15, 0.2) is 60.8 Å². The van der Waals surface area contributed by atoms with Gasteiger partial charge in [0.2, 0.25) is 0 Å². The minimum absolute atomic E-state index is 0. The first-order chi connectivity index (χ1) is 13.6. The second-order valence-electron chi connectivity index (χ2n) is 6.32. The van der Waals surface area contributed by atoms with Crippen molar-refractivity contribution in [2.45, 2.75) is 19.6 Å². The maximum absolute atomic E-state index is 12.9. The third-order valence-corrected chi connectivity index (χ3v) is 4.47. The lowest BCUT2D eigenvalue weighted by Gasteiger charge is -2.13. The molecule has 1 N–H and O–H groups in total. The second-order valence-corrected chi connectivity index (χ2v) is 6.70. The number of pyridine rings is 1. The van der Waals surface area contributed by atoms with Crippen molar-refractivity contribution in [3.63, 3.8) is 0 Å². The number of halogens is 3. The summed E-state index contributed by atoms with van der Waals surface area (Å²) in [6.45, 7) is 1.89. The minimum Gasteiger partial charge on any atom is -0.493 e. The van der Waals surface area contributed by atoms with Gasteiger partial charge in [-0.25, -0.2) is 9.37 Å². The molecule has 7 heteroatoms. The Bertz CT molecular complexity index is 890. The maximum atomic E-state index is 12.9. The van der Waals surface area contributed by atoms with Crippen molar-refractivity contribution in [2.24, 2.45) is 0 Å². The van der Waals surface area contributed by atoms with E-state index in [0.29, 0.717) is 29.8 Å². The molecular weight excluding hydrogens is 414 g/mol. The predicted octanol–water partition coefficient (Wildman–Crippen LogP) is 5.22. The zero-order valence-electron chi connectivity index (χ0n) is 16.0. The van der Waals surface area contributed by atoms with Crippen LogP contribution in [0.4, 0.5) is 4.39 Å². The summed E-state index contributed by atoms with van der Waals surface area (Å²) < 4.78 is 24.2. The maximum Gasteiger partial charge on any atom is 0.161 e. The van der Waals surface area contributed by atoms with Gasteiger partial charge < -0.3 is 14.8 Å². The topological polar surface area (TPSA) is 43.4 Å². The van der Waals surface area contributed by atoms with Gasteiger partial charge >= 0.3 is 0 Å². The molecule has 1 heterocycles. The first kappa shape index (κ1) is 22.9. The van der Waals surface area contributed by atoms with E-state index in [2.05, 4.69) is 10.3 Å². The van der Waals surface area contributed by atoms with Crippen LogP contribution in [0.3, 0.4) is 0 Å². The third kappa shape index (κ3) is 7.20. The molecule has 0 unspecified atom stereocenters. The Kier molecular flexibility index (Phi) is 9.19. The molecule has 1 aromatic heterocycles. The van der Waals surface area contributed by atoms with E-state index < -0.39 is 0 Å². The van der Waals surface area contributed by atoms with Crippen LogP contribution in [-0.2, 0) is 19.6 Å². The number of hydrogen-bond donors (Lipinski definition) is 1. The average molecular weight is 437 g/mol. The van der Waals surface area contributed by atoms with Crippen LogP contribution in [0.25, 0.3) is 0 Å². The van der Waals surface area contributed by atoms with Gasteiger partial charge in [0.15, 0.2) is 11.5 Å². The number of hydrogen-bond acceptors (Lipinski definition) is 4. The lowest BCUT2D eigenvalue weighted by atomic mass is 10.1. The molecule has 0 saturated carbocycles. The normalized spacial score (nSPS) is 10.3. The first-order valence-corrected chi connectivity index (χ1v) is 9.37. The molecule has 0 radical (unpaired) electrons. The van der Waals surface area contributed by atoms with Gasteiger partial charge in [-0.3, -0.25) is 0 Å². The van der Waals surface area contributed by atoms with Crippen molar-refractivity contribution >= 4 is 24.0 Å². The predicted molar refractivity (Wildman–Crippen MR) is 116 cm³/mol. The number of nitrogens with zero attached hydrogens (tertiary/aromatic N) is 1. The van der Waals surface area contributed by atoms with E-state index in [1.165, 1.54) is 12.1 Å². The van der Waals surface area contributed by atoms with Crippen LogP contribution in [-0.4, -0.2) is 18.6 Å². The molecule has 3 rings (SSSR count). The molecule has 0 amide bonds. The Hall–Kier alpha value is -2.34. The molecule has 0 aliphatic rings. The van der Waals surface area contributed by atoms with E-state index in [4.69, 9.17) is 21.1 Å². The second kappa shape index (κ2) is 11.6. The summed E-state index contributed by atoms with van der Waals surface area (Å²) in [7, 11) is 1.62. The number of aromatic nitrogens is 1. The molecule has 3 aromatic rings. The van der Waals surface area contributed by atoms with Crippen molar-refractivity contribution in [2.75, 3.05) is 13.7 Å². The molecule has 0 fully saturated rings.